The fourth-order valence-corrected chi connectivity index (χ4v) is 5.42. The topological polar surface area (TPSA) is 74.7 Å². The summed E-state index contributed by atoms with van der Waals surface area (Å²) in [6.45, 7) is 5.47. The number of carboxylic acid groups (broad SMARTS) is 1. The summed E-state index contributed by atoms with van der Waals surface area (Å²) in [5, 5.41) is 13.4. The predicted molar refractivity (Wildman–Crippen MR) is 140 cm³/mol. The number of carboxylic acids is 1. The van der Waals surface area contributed by atoms with E-state index in [0.29, 0.717) is 44.4 Å². The zero-order valence-electron chi connectivity index (χ0n) is 21.9. The third kappa shape index (κ3) is 7.05. The minimum Gasteiger partial charge on any atom is -0.480 e. The van der Waals surface area contributed by atoms with E-state index in [-0.39, 0.29) is 19.1 Å². The van der Waals surface area contributed by atoms with E-state index >= 15 is 8.78 Å². The number of pyridine rings is 1. The molecule has 0 spiro atoms. The molecule has 0 aliphatic carbocycles. The second-order valence-corrected chi connectivity index (χ2v) is 10.6. The number of alkyl halides is 2. The number of rotatable bonds is 12. The lowest BCUT2D eigenvalue weighted by Crippen LogP contribution is -2.36. The number of carbonyl (C=O) groups is 1. The van der Waals surface area contributed by atoms with Crippen molar-refractivity contribution in [3.63, 3.8) is 0 Å². The summed E-state index contributed by atoms with van der Waals surface area (Å²) < 4.78 is 36.1. The van der Waals surface area contributed by atoms with Gasteiger partial charge < -0.3 is 15.2 Å². The number of aromatic nitrogens is 1. The molecule has 37 heavy (non-hydrogen) atoms. The smallest absolute Gasteiger partial charge is 0.325 e. The number of hydrogen-bond donors (Lipinski definition) is 2. The molecule has 2 atom stereocenters. The lowest BCUT2D eigenvalue weighted by molar-refractivity contribution is -0.143. The highest BCUT2D eigenvalue weighted by atomic mass is 19.3. The summed E-state index contributed by atoms with van der Waals surface area (Å²) in [5.74, 6) is -3.76. The van der Waals surface area contributed by atoms with Crippen molar-refractivity contribution in [1.29, 1.82) is 0 Å². The van der Waals surface area contributed by atoms with Gasteiger partial charge in [-0.25, -0.2) is 13.8 Å². The van der Waals surface area contributed by atoms with Gasteiger partial charge in [-0.2, -0.15) is 0 Å². The molecule has 2 aliphatic rings. The number of nitrogens with one attached hydrogen (secondary N) is 1. The van der Waals surface area contributed by atoms with Crippen molar-refractivity contribution in [3.8, 4) is 0 Å². The summed E-state index contributed by atoms with van der Waals surface area (Å²) in [7, 11) is 0. The number of aryl methyl sites for hydroxylation is 2. The number of ether oxygens (including phenoxy) is 1. The molecule has 8 heteroatoms. The average Bonchev–Trinajstić information content (AvgIpc) is 3.36. The summed E-state index contributed by atoms with van der Waals surface area (Å²) >= 11 is 0. The predicted octanol–water partition coefficient (Wildman–Crippen LogP) is 5.86. The number of nitrogens with zero attached hydrogens (tertiary/aromatic N) is 2. The molecule has 2 aliphatic heterocycles. The van der Waals surface area contributed by atoms with Crippen LogP contribution in [0.1, 0.15) is 74.4 Å². The molecular formula is C29H39F2N3O3. The van der Waals surface area contributed by atoms with Crippen LogP contribution in [0.3, 0.4) is 0 Å². The van der Waals surface area contributed by atoms with Crippen LogP contribution in [0.4, 0.5) is 14.6 Å². The summed E-state index contributed by atoms with van der Waals surface area (Å²) in [6, 6.07) is 10.4. The van der Waals surface area contributed by atoms with Gasteiger partial charge in [-0.05, 0) is 81.7 Å². The van der Waals surface area contributed by atoms with E-state index < -0.39 is 23.9 Å². The molecule has 1 aromatic carbocycles. The first-order valence-electron chi connectivity index (χ1n) is 13.5. The monoisotopic (exact) mass is 515 g/mol. The van der Waals surface area contributed by atoms with E-state index in [1.54, 1.807) is 17.0 Å². The van der Waals surface area contributed by atoms with Crippen LogP contribution in [0, 0.1) is 5.92 Å². The molecular weight excluding hydrogens is 476 g/mol. The highest BCUT2D eigenvalue weighted by Crippen LogP contribution is 2.40. The Kier molecular flexibility index (Phi) is 9.13. The zero-order chi connectivity index (χ0) is 26.4. The minimum absolute atomic E-state index is 0.00545. The fourth-order valence-electron chi connectivity index (χ4n) is 5.42. The van der Waals surface area contributed by atoms with Gasteiger partial charge in [-0.3, -0.25) is 9.69 Å². The number of fused-ring (bicyclic) bond motifs is 1. The van der Waals surface area contributed by atoms with Crippen molar-refractivity contribution < 1.29 is 23.4 Å². The number of halogens is 2. The van der Waals surface area contributed by atoms with Crippen molar-refractivity contribution in [3.05, 3.63) is 58.8 Å². The molecule has 0 amide bonds. The van der Waals surface area contributed by atoms with E-state index in [1.165, 1.54) is 5.56 Å². The van der Waals surface area contributed by atoms with Crippen LogP contribution >= 0.6 is 0 Å². The number of likely N-dealkylation sites (tertiary alicyclic amines) is 1. The van der Waals surface area contributed by atoms with Crippen LogP contribution in [0.5, 0.6) is 0 Å². The maximum absolute atomic E-state index is 15.2. The maximum Gasteiger partial charge on any atom is 0.325 e. The Morgan fingerprint density at radius 2 is 2.05 bits per heavy atom. The summed E-state index contributed by atoms with van der Waals surface area (Å²) in [6.07, 6.45) is 3.98. The van der Waals surface area contributed by atoms with Crippen LogP contribution in [0.2, 0.25) is 0 Å². The molecule has 0 radical (unpaired) electrons. The lowest BCUT2D eigenvalue weighted by Gasteiger charge is -2.28. The van der Waals surface area contributed by atoms with Gasteiger partial charge in [0.05, 0.1) is 12.7 Å². The molecule has 202 valence electrons. The van der Waals surface area contributed by atoms with Crippen molar-refractivity contribution in [1.82, 2.24) is 9.88 Å². The molecule has 0 bridgehead atoms. The number of hydrogen-bond acceptors (Lipinski definition) is 5. The van der Waals surface area contributed by atoms with Crippen LogP contribution in [-0.2, 0) is 29.0 Å². The van der Waals surface area contributed by atoms with Gasteiger partial charge in [-0.1, -0.05) is 30.3 Å². The second-order valence-electron chi connectivity index (χ2n) is 10.6. The molecule has 0 saturated carbocycles. The Morgan fingerprint density at radius 1 is 1.24 bits per heavy atom. The molecule has 2 unspecified atom stereocenters. The van der Waals surface area contributed by atoms with Crippen LogP contribution in [0.15, 0.2) is 36.4 Å². The minimum atomic E-state index is -2.83. The van der Waals surface area contributed by atoms with Gasteiger partial charge in [0, 0.05) is 31.1 Å². The Bertz CT molecular complexity index is 1060. The van der Waals surface area contributed by atoms with Crippen molar-refractivity contribution >= 4 is 11.8 Å². The zero-order valence-corrected chi connectivity index (χ0v) is 21.9. The van der Waals surface area contributed by atoms with Gasteiger partial charge in [0.1, 0.15) is 11.9 Å². The first-order chi connectivity index (χ1) is 17.7. The van der Waals surface area contributed by atoms with E-state index in [4.69, 9.17) is 4.74 Å². The quantitative estimate of drug-likeness (QED) is 0.345. The Hall–Kier alpha value is -2.58. The molecule has 3 heterocycles. The van der Waals surface area contributed by atoms with Crippen LogP contribution in [-0.4, -0.2) is 52.6 Å². The Balaban J connectivity index is 1.32. The maximum atomic E-state index is 15.2. The molecule has 2 aromatic rings. The number of aliphatic carboxylic acids is 1. The molecule has 1 fully saturated rings. The third-order valence-electron chi connectivity index (χ3n) is 7.48. The van der Waals surface area contributed by atoms with Crippen LogP contribution in [0.25, 0.3) is 0 Å². The number of anilines is 1. The second kappa shape index (κ2) is 12.3. The summed E-state index contributed by atoms with van der Waals surface area (Å²) in [4.78, 5) is 18.6. The van der Waals surface area contributed by atoms with E-state index in [0.717, 1.165) is 36.5 Å². The highest BCUT2D eigenvalue weighted by molar-refractivity contribution is 5.76. The van der Waals surface area contributed by atoms with Gasteiger partial charge in [0.2, 0.25) is 0 Å². The first kappa shape index (κ1) is 27.5. The first-order valence-corrected chi connectivity index (χ1v) is 13.5. The van der Waals surface area contributed by atoms with Crippen molar-refractivity contribution in [2.75, 3.05) is 25.0 Å². The van der Waals surface area contributed by atoms with Gasteiger partial charge in [0.15, 0.2) is 0 Å². The molecule has 1 aromatic heterocycles. The van der Waals surface area contributed by atoms with E-state index in [9.17, 15) is 9.90 Å². The van der Waals surface area contributed by atoms with Gasteiger partial charge in [-0.15, -0.1) is 0 Å². The lowest BCUT2D eigenvalue weighted by atomic mass is 9.94. The number of unbranched alkanes of at least 4 members (excludes halogenated alkanes) is 1. The largest absolute Gasteiger partial charge is 0.480 e. The third-order valence-corrected chi connectivity index (χ3v) is 7.48. The average molecular weight is 516 g/mol. The normalized spacial score (nSPS) is 19.0. The van der Waals surface area contributed by atoms with E-state index in [1.807, 2.05) is 32.0 Å². The highest BCUT2D eigenvalue weighted by Gasteiger charge is 2.45. The molecule has 2 N–H and O–H groups in total. The Morgan fingerprint density at radius 3 is 2.84 bits per heavy atom. The number of benzene rings is 1. The molecule has 1 saturated heterocycles. The standard InChI is InChI=1S/C29H39F2N3O3/c1-20(2)37-19-22-8-3-4-11-25(22)26(28(35)36)34-17-14-23(18-34)29(30,31)15-6-5-10-24-13-12-21-9-7-16-32-27(21)33-24/h3-4,8,11-13,20,23,26H,5-7,9-10,14-19H2,1-2H3,(H,32,33)(H,35,36). The van der Waals surface area contributed by atoms with Crippen molar-refractivity contribution in [2.45, 2.75) is 83.5 Å². The van der Waals surface area contributed by atoms with Gasteiger partial charge >= 0.3 is 5.97 Å². The van der Waals surface area contributed by atoms with E-state index in [2.05, 4.69) is 16.4 Å². The SMILES string of the molecule is CC(C)OCc1ccccc1C(C(=O)O)N1CCC(C(F)(F)CCCCc2ccc3c(n2)NCCC3)C1. The Labute approximate surface area is 218 Å². The molecule has 6 nitrogen and oxygen atoms in total. The molecule has 4 rings (SSSR count). The van der Waals surface area contributed by atoms with Crippen molar-refractivity contribution in [2.24, 2.45) is 5.92 Å². The van der Waals surface area contributed by atoms with Gasteiger partial charge in [0.25, 0.3) is 5.92 Å². The van der Waals surface area contributed by atoms with Crippen LogP contribution < -0.4 is 5.32 Å². The summed E-state index contributed by atoms with van der Waals surface area (Å²) in [5.41, 5.74) is 3.56. The fraction of sp³-hybridized carbons (Fsp3) is 0.586.